The van der Waals surface area contributed by atoms with Crippen molar-refractivity contribution in [1.82, 2.24) is 19.3 Å². The normalized spacial score (nSPS) is 16.0. The number of amides is 1. The van der Waals surface area contributed by atoms with Crippen LogP contribution in [0.5, 0.6) is 0 Å². The number of rotatable bonds is 10. The van der Waals surface area contributed by atoms with E-state index in [0.29, 0.717) is 28.8 Å². The predicted octanol–water partition coefficient (Wildman–Crippen LogP) is 2.99. The van der Waals surface area contributed by atoms with Gasteiger partial charge in [0.2, 0.25) is 5.91 Å². The molecule has 9 nitrogen and oxygen atoms in total. The Labute approximate surface area is 190 Å². The minimum atomic E-state index is -0.421. The lowest BCUT2D eigenvalue weighted by Crippen LogP contribution is -2.17. The SMILES string of the molecule is Cc1cc(C(=O)CSc2nnc(-c3ccco3)n2CCC(N)=O)c(C)n1C[C@@H]1CCCO1. The highest BCUT2D eigenvalue weighted by Gasteiger charge is 2.22. The van der Waals surface area contributed by atoms with Crippen LogP contribution >= 0.6 is 11.8 Å². The topological polar surface area (TPSA) is 118 Å². The Morgan fingerprint density at radius 3 is 2.81 bits per heavy atom. The lowest BCUT2D eigenvalue weighted by Gasteiger charge is -2.14. The maximum absolute atomic E-state index is 13.0. The van der Waals surface area contributed by atoms with Crippen molar-refractivity contribution in [3.8, 4) is 11.6 Å². The van der Waals surface area contributed by atoms with E-state index in [2.05, 4.69) is 14.8 Å². The van der Waals surface area contributed by atoms with Crippen LogP contribution in [0.4, 0.5) is 0 Å². The molecule has 0 aliphatic carbocycles. The van der Waals surface area contributed by atoms with E-state index in [1.54, 1.807) is 23.0 Å². The smallest absolute Gasteiger partial charge is 0.219 e. The van der Waals surface area contributed by atoms with Gasteiger partial charge in [0.15, 0.2) is 22.5 Å². The molecule has 1 amide bonds. The summed E-state index contributed by atoms with van der Waals surface area (Å²) >= 11 is 1.29. The molecule has 0 saturated carbocycles. The fourth-order valence-corrected chi connectivity index (χ4v) is 4.82. The summed E-state index contributed by atoms with van der Waals surface area (Å²) in [4.78, 5) is 24.4. The van der Waals surface area contributed by atoms with Crippen molar-refractivity contribution in [2.75, 3.05) is 12.4 Å². The number of primary amides is 1. The van der Waals surface area contributed by atoms with Gasteiger partial charge in [0.25, 0.3) is 0 Å². The van der Waals surface area contributed by atoms with Gasteiger partial charge in [-0.25, -0.2) is 0 Å². The highest BCUT2D eigenvalue weighted by molar-refractivity contribution is 7.99. The molecule has 0 radical (unpaired) electrons. The molecule has 4 heterocycles. The Hall–Kier alpha value is -2.85. The molecule has 3 aromatic rings. The maximum atomic E-state index is 13.0. The fourth-order valence-electron chi connectivity index (χ4n) is 3.97. The average molecular weight is 458 g/mol. The van der Waals surface area contributed by atoms with Crippen LogP contribution in [0.25, 0.3) is 11.6 Å². The molecule has 10 heteroatoms. The highest BCUT2D eigenvalue weighted by atomic mass is 32.2. The molecule has 2 N–H and O–H groups in total. The van der Waals surface area contributed by atoms with E-state index >= 15 is 0 Å². The van der Waals surface area contributed by atoms with Gasteiger partial charge in [0.1, 0.15) is 0 Å². The number of ketones is 1. The van der Waals surface area contributed by atoms with Gasteiger partial charge in [-0.2, -0.15) is 0 Å². The minimum absolute atomic E-state index is 0.0192. The summed E-state index contributed by atoms with van der Waals surface area (Å²) in [7, 11) is 0. The zero-order valence-electron chi connectivity index (χ0n) is 18.2. The van der Waals surface area contributed by atoms with Gasteiger partial charge in [-0.15, -0.1) is 10.2 Å². The number of furan rings is 1. The number of aryl methyl sites for hydroxylation is 1. The molecule has 1 saturated heterocycles. The van der Waals surface area contributed by atoms with Crippen molar-refractivity contribution in [2.45, 2.75) is 57.5 Å². The summed E-state index contributed by atoms with van der Waals surface area (Å²) in [5.74, 6) is 0.844. The molecule has 4 rings (SSSR count). The van der Waals surface area contributed by atoms with E-state index in [0.717, 1.165) is 37.4 Å². The van der Waals surface area contributed by atoms with Crippen molar-refractivity contribution < 1.29 is 18.7 Å². The number of carbonyl (C=O) groups excluding carboxylic acids is 2. The Bertz CT molecular complexity index is 1100. The molecule has 1 aliphatic heterocycles. The summed E-state index contributed by atoms with van der Waals surface area (Å²) in [5, 5.41) is 8.96. The first kappa shape index (κ1) is 22.3. The van der Waals surface area contributed by atoms with Crippen LogP contribution in [0.3, 0.4) is 0 Å². The zero-order chi connectivity index (χ0) is 22.7. The van der Waals surface area contributed by atoms with Gasteiger partial charge in [-0.1, -0.05) is 11.8 Å². The van der Waals surface area contributed by atoms with E-state index in [1.807, 2.05) is 19.9 Å². The maximum Gasteiger partial charge on any atom is 0.219 e. The summed E-state index contributed by atoms with van der Waals surface area (Å²) in [6, 6.07) is 5.47. The number of hydrogen-bond donors (Lipinski definition) is 1. The zero-order valence-corrected chi connectivity index (χ0v) is 19.1. The van der Waals surface area contributed by atoms with E-state index in [-0.39, 0.29) is 24.1 Å². The number of aromatic nitrogens is 4. The average Bonchev–Trinajstić information content (AvgIpc) is 3.55. The standard InChI is InChI=1S/C22H27N5O4S/c1-14-11-17(15(2)27(14)12-16-5-3-9-30-16)18(28)13-32-22-25-24-21(19-6-4-10-31-19)26(22)8-7-20(23)29/h4,6,10-11,16H,3,5,7-9,12-13H2,1-2H3,(H2,23,29)/t16-/m0/s1. The third-order valence-corrected chi connectivity index (χ3v) is 6.62. The predicted molar refractivity (Wildman–Crippen MR) is 119 cm³/mol. The van der Waals surface area contributed by atoms with Crippen molar-refractivity contribution in [3.63, 3.8) is 0 Å². The van der Waals surface area contributed by atoms with Crippen LogP contribution in [0.15, 0.2) is 34.0 Å². The quantitative estimate of drug-likeness (QED) is 0.367. The Morgan fingerprint density at radius 1 is 1.28 bits per heavy atom. The first-order valence-electron chi connectivity index (χ1n) is 10.6. The Morgan fingerprint density at radius 2 is 2.12 bits per heavy atom. The minimum Gasteiger partial charge on any atom is -0.461 e. The molecule has 0 unspecified atom stereocenters. The molecular formula is C22H27N5O4S. The molecule has 3 aromatic heterocycles. The first-order valence-corrected chi connectivity index (χ1v) is 11.6. The second-order valence-electron chi connectivity index (χ2n) is 7.89. The van der Waals surface area contributed by atoms with Gasteiger partial charge in [0.05, 0.1) is 18.1 Å². The third kappa shape index (κ3) is 4.81. The second-order valence-corrected chi connectivity index (χ2v) is 8.84. The van der Waals surface area contributed by atoms with Crippen molar-refractivity contribution in [3.05, 3.63) is 41.4 Å². The largest absolute Gasteiger partial charge is 0.461 e. The molecule has 32 heavy (non-hydrogen) atoms. The lowest BCUT2D eigenvalue weighted by molar-refractivity contribution is -0.118. The van der Waals surface area contributed by atoms with Gasteiger partial charge in [-0.3, -0.25) is 14.2 Å². The molecule has 1 fully saturated rings. The molecular weight excluding hydrogens is 430 g/mol. The molecule has 0 bridgehead atoms. The second kappa shape index (κ2) is 9.74. The summed E-state index contributed by atoms with van der Waals surface area (Å²) < 4.78 is 15.1. The Balaban J connectivity index is 1.49. The number of thioether (sulfide) groups is 1. The van der Waals surface area contributed by atoms with Crippen molar-refractivity contribution in [1.29, 1.82) is 0 Å². The number of nitrogens with two attached hydrogens (primary N) is 1. The van der Waals surface area contributed by atoms with Crippen LogP contribution in [0.1, 0.15) is 41.0 Å². The molecule has 170 valence electrons. The van der Waals surface area contributed by atoms with Gasteiger partial charge >= 0.3 is 0 Å². The molecule has 0 spiro atoms. The van der Waals surface area contributed by atoms with Crippen LogP contribution in [-0.4, -0.2) is 49.5 Å². The Kier molecular flexibility index (Phi) is 6.80. The molecule has 0 aromatic carbocycles. The van der Waals surface area contributed by atoms with Gasteiger partial charge in [-0.05, 0) is 44.9 Å². The van der Waals surface area contributed by atoms with Crippen molar-refractivity contribution in [2.24, 2.45) is 5.73 Å². The highest BCUT2D eigenvalue weighted by Crippen LogP contribution is 2.27. The summed E-state index contributed by atoms with van der Waals surface area (Å²) in [6.07, 6.45) is 4.03. The molecule has 1 aliphatic rings. The number of ether oxygens (including phenoxy) is 1. The van der Waals surface area contributed by atoms with E-state index in [9.17, 15) is 9.59 Å². The fraction of sp³-hybridized carbons (Fsp3) is 0.455. The van der Waals surface area contributed by atoms with Crippen LogP contribution < -0.4 is 5.73 Å². The third-order valence-electron chi connectivity index (χ3n) is 5.66. The van der Waals surface area contributed by atoms with Crippen LogP contribution in [-0.2, 0) is 22.6 Å². The first-order chi connectivity index (χ1) is 15.4. The van der Waals surface area contributed by atoms with Gasteiger partial charge in [0, 0.05) is 43.1 Å². The van der Waals surface area contributed by atoms with E-state index < -0.39 is 5.91 Å². The summed E-state index contributed by atoms with van der Waals surface area (Å²) in [6.45, 7) is 5.88. The monoisotopic (exact) mass is 457 g/mol. The number of carbonyl (C=O) groups is 2. The van der Waals surface area contributed by atoms with E-state index in [1.165, 1.54) is 11.8 Å². The van der Waals surface area contributed by atoms with Crippen LogP contribution in [0.2, 0.25) is 0 Å². The number of nitrogens with zero attached hydrogens (tertiary/aromatic N) is 4. The van der Waals surface area contributed by atoms with Crippen molar-refractivity contribution >= 4 is 23.5 Å². The number of hydrogen-bond acceptors (Lipinski definition) is 7. The summed E-state index contributed by atoms with van der Waals surface area (Å²) in [5.41, 5.74) is 8.05. The number of Topliss-reactive ketones (excluding diaryl/α,β-unsaturated/α-hetero) is 1. The van der Waals surface area contributed by atoms with E-state index in [4.69, 9.17) is 14.9 Å². The lowest BCUT2D eigenvalue weighted by atomic mass is 10.2. The molecule has 1 atom stereocenters. The van der Waals surface area contributed by atoms with Gasteiger partial charge < -0.3 is 19.5 Å². The van der Waals surface area contributed by atoms with Crippen LogP contribution in [0, 0.1) is 13.8 Å².